The van der Waals surface area contributed by atoms with Crippen molar-refractivity contribution in [2.45, 2.75) is 34.1 Å². The smallest absolute Gasteiger partial charge is 0.210 e. The van der Waals surface area contributed by atoms with Crippen LogP contribution in [0.4, 0.5) is 8.78 Å². The Labute approximate surface area is 61.6 Å². The minimum absolute atomic E-state index is 0.111. The second-order valence-corrected chi connectivity index (χ2v) is 3.30. The maximum Gasteiger partial charge on any atom is 0.241 e. The Hall–Kier alpha value is -0.140. The standard InChI is InChI=1S/C8H16F2/c1-5(2)6(3)7(4)8(9)10/h5-8H,1-4H3. The van der Waals surface area contributed by atoms with Gasteiger partial charge in [-0.25, -0.2) is 8.78 Å². The summed E-state index contributed by atoms with van der Waals surface area (Å²) in [5, 5.41) is 0. The molecule has 0 amide bonds. The Bertz CT molecular complexity index is 77.3. The summed E-state index contributed by atoms with van der Waals surface area (Å²) >= 11 is 0. The molecular formula is C8H16F2. The van der Waals surface area contributed by atoms with Crippen molar-refractivity contribution in [3.63, 3.8) is 0 Å². The Balaban J connectivity index is 3.81. The first-order chi connectivity index (χ1) is 4.46. The molecular weight excluding hydrogens is 134 g/mol. The number of rotatable bonds is 3. The fourth-order valence-electron chi connectivity index (χ4n) is 0.837. The SMILES string of the molecule is CC(C)C(C)C(C)C(F)F. The first-order valence-electron chi connectivity index (χ1n) is 3.75. The van der Waals surface area contributed by atoms with Gasteiger partial charge in [0.2, 0.25) is 6.43 Å². The summed E-state index contributed by atoms with van der Waals surface area (Å²) in [6, 6.07) is 0. The monoisotopic (exact) mass is 150 g/mol. The fraction of sp³-hybridized carbons (Fsp3) is 1.00. The molecule has 0 fully saturated rings. The molecule has 0 saturated carbocycles. The summed E-state index contributed by atoms with van der Waals surface area (Å²) in [7, 11) is 0. The number of hydrogen-bond donors (Lipinski definition) is 0. The van der Waals surface area contributed by atoms with Gasteiger partial charge < -0.3 is 0 Å². The quantitative estimate of drug-likeness (QED) is 0.579. The van der Waals surface area contributed by atoms with Crippen LogP contribution in [0.1, 0.15) is 27.7 Å². The topological polar surface area (TPSA) is 0 Å². The number of alkyl halides is 2. The first-order valence-corrected chi connectivity index (χ1v) is 3.75. The molecule has 0 aliphatic rings. The van der Waals surface area contributed by atoms with E-state index in [2.05, 4.69) is 0 Å². The van der Waals surface area contributed by atoms with Crippen molar-refractivity contribution < 1.29 is 8.78 Å². The average molecular weight is 150 g/mol. The lowest BCUT2D eigenvalue weighted by Crippen LogP contribution is -2.20. The molecule has 0 saturated heterocycles. The summed E-state index contributed by atoms with van der Waals surface area (Å²) in [5.74, 6) is -0.0102. The molecule has 0 rings (SSSR count). The second kappa shape index (κ2) is 3.89. The predicted molar refractivity (Wildman–Crippen MR) is 39.2 cm³/mol. The molecule has 0 nitrogen and oxygen atoms in total. The van der Waals surface area contributed by atoms with E-state index in [0.717, 1.165) is 0 Å². The zero-order valence-corrected chi connectivity index (χ0v) is 7.07. The third kappa shape index (κ3) is 2.63. The third-order valence-corrected chi connectivity index (χ3v) is 2.28. The van der Waals surface area contributed by atoms with E-state index in [4.69, 9.17) is 0 Å². The number of halogens is 2. The highest BCUT2D eigenvalue weighted by atomic mass is 19.3. The largest absolute Gasteiger partial charge is 0.241 e. The predicted octanol–water partition coefficient (Wildman–Crippen LogP) is 3.18. The summed E-state index contributed by atoms with van der Waals surface area (Å²) in [5.41, 5.74) is 0. The van der Waals surface area contributed by atoms with Gasteiger partial charge in [-0.05, 0) is 11.8 Å². The van der Waals surface area contributed by atoms with E-state index in [-0.39, 0.29) is 5.92 Å². The highest BCUT2D eigenvalue weighted by molar-refractivity contribution is 4.66. The van der Waals surface area contributed by atoms with Crippen LogP contribution >= 0.6 is 0 Å². The Morgan fingerprint density at radius 3 is 1.30 bits per heavy atom. The maximum absolute atomic E-state index is 12.0. The summed E-state index contributed by atoms with van der Waals surface area (Å²) < 4.78 is 24.1. The van der Waals surface area contributed by atoms with E-state index >= 15 is 0 Å². The maximum atomic E-state index is 12.0. The lowest BCUT2D eigenvalue weighted by atomic mass is 9.86. The summed E-state index contributed by atoms with van der Waals surface area (Å²) in [4.78, 5) is 0. The Morgan fingerprint density at radius 1 is 0.800 bits per heavy atom. The van der Waals surface area contributed by atoms with Crippen LogP contribution in [0.2, 0.25) is 0 Å². The van der Waals surface area contributed by atoms with Crippen molar-refractivity contribution in [3.8, 4) is 0 Å². The van der Waals surface area contributed by atoms with Gasteiger partial charge in [0, 0.05) is 5.92 Å². The molecule has 10 heavy (non-hydrogen) atoms. The van der Waals surface area contributed by atoms with Crippen LogP contribution in [0.5, 0.6) is 0 Å². The molecule has 0 aliphatic heterocycles. The molecule has 0 N–H and O–H groups in total. The van der Waals surface area contributed by atoms with Gasteiger partial charge in [-0.15, -0.1) is 0 Å². The van der Waals surface area contributed by atoms with Crippen LogP contribution in [-0.2, 0) is 0 Å². The van der Waals surface area contributed by atoms with Gasteiger partial charge in [-0.1, -0.05) is 27.7 Å². The summed E-state index contributed by atoms with van der Waals surface area (Å²) in [6.45, 7) is 7.43. The van der Waals surface area contributed by atoms with E-state index in [0.29, 0.717) is 5.92 Å². The third-order valence-electron chi connectivity index (χ3n) is 2.28. The zero-order chi connectivity index (χ0) is 8.31. The minimum Gasteiger partial charge on any atom is -0.210 e. The molecule has 0 heterocycles. The summed E-state index contributed by atoms with van der Waals surface area (Å²) in [6.07, 6.45) is -2.17. The van der Waals surface area contributed by atoms with Crippen molar-refractivity contribution in [3.05, 3.63) is 0 Å². The lowest BCUT2D eigenvalue weighted by Gasteiger charge is -2.22. The van der Waals surface area contributed by atoms with Gasteiger partial charge in [0.25, 0.3) is 0 Å². The fourth-order valence-corrected chi connectivity index (χ4v) is 0.837. The molecule has 0 aromatic carbocycles. The van der Waals surface area contributed by atoms with Gasteiger partial charge in [0.05, 0.1) is 0 Å². The molecule has 2 heteroatoms. The molecule has 2 atom stereocenters. The molecule has 0 spiro atoms. The van der Waals surface area contributed by atoms with Gasteiger partial charge in [0.1, 0.15) is 0 Å². The Morgan fingerprint density at radius 2 is 1.20 bits per heavy atom. The normalized spacial score (nSPS) is 18.0. The molecule has 0 bridgehead atoms. The van der Waals surface area contributed by atoms with Gasteiger partial charge in [-0.3, -0.25) is 0 Å². The first kappa shape index (κ1) is 9.86. The van der Waals surface area contributed by atoms with E-state index in [1.54, 1.807) is 6.92 Å². The van der Waals surface area contributed by atoms with Crippen molar-refractivity contribution in [1.82, 2.24) is 0 Å². The van der Waals surface area contributed by atoms with Crippen molar-refractivity contribution in [2.24, 2.45) is 17.8 Å². The molecule has 0 aromatic heterocycles. The van der Waals surface area contributed by atoms with E-state index < -0.39 is 12.3 Å². The highest BCUT2D eigenvalue weighted by Crippen LogP contribution is 2.24. The van der Waals surface area contributed by atoms with E-state index in [1.807, 2.05) is 20.8 Å². The zero-order valence-electron chi connectivity index (χ0n) is 7.07. The second-order valence-electron chi connectivity index (χ2n) is 3.30. The van der Waals surface area contributed by atoms with Gasteiger partial charge >= 0.3 is 0 Å². The lowest BCUT2D eigenvalue weighted by molar-refractivity contribution is 0.0454. The average Bonchev–Trinajstić information content (AvgIpc) is 1.84. The van der Waals surface area contributed by atoms with E-state index in [9.17, 15) is 8.78 Å². The van der Waals surface area contributed by atoms with Crippen LogP contribution < -0.4 is 0 Å². The van der Waals surface area contributed by atoms with Gasteiger partial charge in [0.15, 0.2) is 0 Å². The van der Waals surface area contributed by atoms with Crippen LogP contribution in [0.15, 0.2) is 0 Å². The highest BCUT2D eigenvalue weighted by Gasteiger charge is 2.23. The molecule has 0 radical (unpaired) electrons. The molecule has 62 valence electrons. The van der Waals surface area contributed by atoms with Crippen molar-refractivity contribution in [2.75, 3.05) is 0 Å². The Kier molecular flexibility index (Phi) is 3.84. The molecule has 2 unspecified atom stereocenters. The van der Waals surface area contributed by atoms with Gasteiger partial charge in [-0.2, -0.15) is 0 Å². The van der Waals surface area contributed by atoms with Crippen LogP contribution in [-0.4, -0.2) is 6.43 Å². The van der Waals surface area contributed by atoms with E-state index in [1.165, 1.54) is 0 Å². The number of hydrogen-bond acceptors (Lipinski definition) is 0. The van der Waals surface area contributed by atoms with Crippen LogP contribution in [0.25, 0.3) is 0 Å². The van der Waals surface area contributed by atoms with Crippen molar-refractivity contribution >= 4 is 0 Å². The van der Waals surface area contributed by atoms with Crippen LogP contribution in [0.3, 0.4) is 0 Å². The molecule has 0 aromatic rings. The van der Waals surface area contributed by atoms with Crippen molar-refractivity contribution in [1.29, 1.82) is 0 Å². The minimum atomic E-state index is -2.17. The van der Waals surface area contributed by atoms with Crippen LogP contribution in [0, 0.1) is 17.8 Å². The molecule has 0 aliphatic carbocycles.